The highest BCUT2D eigenvalue weighted by Gasteiger charge is 2.24. The van der Waals surface area contributed by atoms with Gasteiger partial charge in [0.2, 0.25) is 11.8 Å². The summed E-state index contributed by atoms with van der Waals surface area (Å²) < 4.78 is 0. The largest absolute Gasteiger partial charge is 0.353 e. The van der Waals surface area contributed by atoms with Crippen LogP contribution in [0.25, 0.3) is 0 Å². The van der Waals surface area contributed by atoms with Gasteiger partial charge in [-0.15, -0.1) is 6.58 Å². The number of hydrogen-bond acceptors (Lipinski definition) is 3. The molecule has 1 rings (SSSR count). The topological polar surface area (TPSA) is 67.4 Å². The molecule has 0 bridgehead atoms. The summed E-state index contributed by atoms with van der Waals surface area (Å²) in [7, 11) is 0. The third-order valence-corrected chi connectivity index (χ3v) is 4.08. The highest BCUT2D eigenvalue weighted by molar-refractivity contribution is 5.80. The van der Waals surface area contributed by atoms with E-state index in [1.807, 2.05) is 20.8 Å². The van der Waals surface area contributed by atoms with Crippen LogP contribution in [-0.4, -0.2) is 24.0 Å². The second-order valence-electron chi connectivity index (χ2n) is 7.39. The number of hydroxylamine groups is 1. The Labute approximate surface area is 140 Å². The van der Waals surface area contributed by atoms with Crippen LogP contribution in [0.5, 0.6) is 0 Å². The molecule has 1 unspecified atom stereocenters. The van der Waals surface area contributed by atoms with Crippen molar-refractivity contribution in [2.24, 2.45) is 5.41 Å². The number of carbonyl (C=O) groups excluding carboxylic acids is 2. The molecule has 1 saturated carbocycles. The van der Waals surface area contributed by atoms with Gasteiger partial charge in [0, 0.05) is 11.5 Å². The lowest BCUT2D eigenvalue weighted by atomic mass is 9.95. The predicted molar refractivity (Wildman–Crippen MR) is 91.5 cm³/mol. The summed E-state index contributed by atoms with van der Waals surface area (Å²) in [5.74, 6) is -0.190. The molecule has 0 aromatic carbocycles. The van der Waals surface area contributed by atoms with Gasteiger partial charge in [0.25, 0.3) is 0 Å². The van der Waals surface area contributed by atoms with E-state index in [1.54, 1.807) is 6.08 Å². The van der Waals surface area contributed by atoms with Gasteiger partial charge in [-0.25, -0.2) is 5.48 Å². The highest BCUT2D eigenvalue weighted by atomic mass is 16.7. The first-order valence-electron chi connectivity index (χ1n) is 8.69. The van der Waals surface area contributed by atoms with Gasteiger partial charge in [0.05, 0.1) is 12.5 Å². The molecule has 0 aromatic rings. The third kappa shape index (κ3) is 8.16. The van der Waals surface area contributed by atoms with Crippen LogP contribution in [0.3, 0.4) is 0 Å². The van der Waals surface area contributed by atoms with E-state index in [1.165, 1.54) is 19.3 Å². The number of hydrogen-bond donors (Lipinski definition) is 2. The van der Waals surface area contributed by atoms with Gasteiger partial charge < -0.3 is 5.32 Å². The molecule has 1 atom stereocenters. The molecular weight excluding hydrogens is 292 g/mol. The molecule has 0 radical (unpaired) electrons. The van der Waals surface area contributed by atoms with Crippen molar-refractivity contribution in [2.45, 2.75) is 84.3 Å². The summed E-state index contributed by atoms with van der Waals surface area (Å²) in [5.41, 5.74) is 1.97. The zero-order valence-corrected chi connectivity index (χ0v) is 14.8. The van der Waals surface area contributed by atoms with E-state index in [4.69, 9.17) is 4.84 Å². The van der Waals surface area contributed by atoms with Crippen LogP contribution in [0, 0.1) is 5.41 Å². The van der Waals surface area contributed by atoms with Gasteiger partial charge in [-0.3, -0.25) is 14.4 Å². The summed E-state index contributed by atoms with van der Waals surface area (Å²) in [6, 6.07) is 0.292. The fourth-order valence-corrected chi connectivity index (χ4v) is 2.54. The van der Waals surface area contributed by atoms with E-state index < -0.39 is 5.41 Å². The maximum atomic E-state index is 12.2. The molecule has 2 N–H and O–H groups in total. The molecule has 5 nitrogen and oxygen atoms in total. The average molecular weight is 324 g/mol. The molecule has 0 saturated heterocycles. The zero-order valence-electron chi connectivity index (χ0n) is 14.8. The minimum Gasteiger partial charge on any atom is -0.353 e. The van der Waals surface area contributed by atoms with Crippen LogP contribution < -0.4 is 10.8 Å². The van der Waals surface area contributed by atoms with Gasteiger partial charge >= 0.3 is 0 Å². The Kier molecular flexibility index (Phi) is 8.31. The van der Waals surface area contributed by atoms with Gasteiger partial charge in [0.1, 0.15) is 0 Å². The van der Waals surface area contributed by atoms with Crippen LogP contribution in [0.15, 0.2) is 12.7 Å². The van der Waals surface area contributed by atoms with Crippen LogP contribution in [0.1, 0.15) is 72.1 Å². The van der Waals surface area contributed by atoms with E-state index >= 15 is 0 Å². The first-order valence-corrected chi connectivity index (χ1v) is 8.69. The number of carbonyl (C=O) groups is 2. The second kappa shape index (κ2) is 9.71. The fraction of sp³-hybridized carbons (Fsp3) is 0.778. The lowest BCUT2D eigenvalue weighted by molar-refractivity contribution is -0.149. The van der Waals surface area contributed by atoms with E-state index in [0.717, 1.165) is 19.3 Å². The van der Waals surface area contributed by atoms with Crippen molar-refractivity contribution < 1.29 is 14.4 Å². The van der Waals surface area contributed by atoms with Crippen LogP contribution in [0.4, 0.5) is 0 Å². The van der Waals surface area contributed by atoms with E-state index in [-0.39, 0.29) is 24.3 Å². The maximum Gasteiger partial charge on any atom is 0.248 e. The van der Waals surface area contributed by atoms with Crippen molar-refractivity contribution in [2.75, 3.05) is 0 Å². The second-order valence-corrected chi connectivity index (χ2v) is 7.39. The Balaban J connectivity index is 2.44. The van der Waals surface area contributed by atoms with Crippen molar-refractivity contribution in [3.05, 3.63) is 12.7 Å². The smallest absolute Gasteiger partial charge is 0.248 e. The molecule has 5 heteroatoms. The Morgan fingerprint density at radius 2 is 1.91 bits per heavy atom. The molecule has 23 heavy (non-hydrogen) atoms. The third-order valence-electron chi connectivity index (χ3n) is 4.08. The molecule has 0 aliphatic heterocycles. The van der Waals surface area contributed by atoms with Gasteiger partial charge in [0.15, 0.2) is 0 Å². The van der Waals surface area contributed by atoms with Crippen LogP contribution >= 0.6 is 0 Å². The number of rotatable bonds is 8. The quantitative estimate of drug-likeness (QED) is 0.532. The van der Waals surface area contributed by atoms with Crippen molar-refractivity contribution in [1.29, 1.82) is 0 Å². The Hall–Kier alpha value is -1.36. The number of amides is 2. The summed E-state index contributed by atoms with van der Waals surface area (Å²) in [6.45, 7) is 9.16. The summed E-state index contributed by atoms with van der Waals surface area (Å²) in [5, 5.41) is 3.09. The minimum atomic E-state index is -0.520. The van der Waals surface area contributed by atoms with Crippen molar-refractivity contribution >= 4 is 11.8 Å². The molecule has 1 aliphatic rings. The monoisotopic (exact) mass is 324 g/mol. The summed E-state index contributed by atoms with van der Waals surface area (Å²) in [4.78, 5) is 29.6. The normalized spacial score (nSPS) is 17.3. The Morgan fingerprint density at radius 3 is 2.48 bits per heavy atom. The van der Waals surface area contributed by atoms with Crippen molar-refractivity contribution in [3.63, 3.8) is 0 Å². The molecule has 1 aliphatic carbocycles. The molecule has 0 spiro atoms. The van der Waals surface area contributed by atoms with Crippen LogP contribution in [0.2, 0.25) is 0 Å². The molecule has 0 aromatic heterocycles. The molecule has 1 fully saturated rings. The van der Waals surface area contributed by atoms with Gasteiger partial charge in [-0.05, 0) is 25.7 Å². The van der Waals surface area contributed by atoms with E-state index in [0.29, 0.717) is 12.5 Å². The SMILES string of the molecule is C=CCCC(CC(=O)NC1CCCCC1)ONC(=O)C(C)(C)C. The lowest BCUT2D eigenvalue weighted by Gasteiger charge is -2.25. The van der Waals surface area contributed by atoms with E-state index in [2.05, 4.69) is 17.4 Å². The lowest BCUT2D eigenvalue weighted by Crippen LogP contribution is -2.41. The first-order chi connectivity index (χ1) is 10.8. The molecule has 0 heterocycles. The molecule has 2 amide bonds. The number of allylic oxidation sites excluding steroid dienone is 1. The van der Waals surface area contributed by atoms with Gasteiger partial charge in [-0.2, -0.15) is 0 Å². The minimum absolute atomic E-state index is 0.00373. The standard InChI is InChI=1S/C18H32N2O3/c1-5-6-12-15(23-20-17(22)18(2,3)4)13-16(21)19-14-10-8-7-9-11-14/h5,14-15H,1,6-13H2,2-4H3,(H,19,21)(H,20,22). The van der Waals surface area contributed by atoms with E-state index in [9.17, 15) is 9.59 Å². The average Bonchev–Trinajstić information content (AvgIpc) is 2.49. The summed E-state index contributed by atoms with van der Waals surface area (Å²) in [6.07, 6.45) is 8.87. The molecule has 132 valence electrons. The molecular formula is C18H32N2O3. The van der Waals surface area contributed by atoms with Gasteiger partial charge in [-0.1, -0.05) is 46.1 Å². The van der Waals surface area contributed by atoms with Crippen molar-refractivity contribution in [3.8, 4) is 0 Å². The van der Waals surface area contributed by atoms with Crippen LogP contribution in [-0.2, 0) is 14.4 Å². The fourth-order valence-electron chi connectivity index (χ4n) is 2.54. The predicted octanol–water partition coefficient (Wildman–Crippen LogP) is 3.25. The maximum absolute atomic E-state index is 12.2. The zero-order chi connectivity index (χ0) is 17.3. The van der Waals surface area contributed by atoms with Crippen molar-refractivity contribution in [1.82, 2.24) is 10.8 Å². The Bertz CT molecular complexity index is 396. The highest BCUT2D eigenvalue weighted by Crippen LogP contribution is 2.18. The first kappa shape index (κ1) is 19.7. The number of nitrogens with one attached hydrogen (secondary N) is 2. The Morgan fingerprint density at radius 1 is 1.26 bits per heavy atom. The summed E-state index contributed by atoms with van der Waals surface area (Å²) >= 11 is 0.